The van der Waals surface area contributed by atoms with Crippen molar-refractivity contribution in [1.29, 1.82) is 5.26 Å². The highest BCUT2D eigenvalue weighted by atomic mass is 19.1. The summed E-state index contributed by atoms with van der Waals surface area (Å²) in [7, 11) is 0. The highest BCUT2D eigenvalue weighted by Crippen LogP contribution is 2.35. The summed E-state index contributed by atoms with van der Waals surface area (Å²) in [6, 6.07) is 5.56. The largest absolute Gasteiger partial charge is 0.391 e. The predicted molar refractivity (Wildman–Crippen MR) is 76.3 cm³/mol. The lowest BCUT2D eigenvalue weighted by Gasteiger charge is -2.24. The number of aliphatic hydroxyl groups is 1. The van der Waals surface area contributed by atoms with E-state index in [4.69, 9.17) is 5.26 Å². The SMILES string of the molecule is N#Cc1c[nH]c(C(=O)N2C[C@@H](O)C[C@@H]2c2cc(F)ccc2F)c1. The lowest BCUT2D eigenvalue weighted by Crippen LogP contribution is -2.32. The summed E-state index contributed by atoms with van der Waals surface area (Å²) < 4.78 is 27.4. The van der Waals surface area contributed by atoms with E-state index in [0.717, 1.165) is 18.2 Å². The minimum Gasteiger partial charge on any atom is -0.391 e. The van der Waals surface area contributed by atoms with Crippen molar-refractivity contribution in [2.45, 2.75) is 18.6 Å². The molecule has 2 N–H and O–H groups in total. The Morgan fingerprint density at radius 2 is 2.17 bits per heavy atom. The Kier molecular flexibility index (Phi) is 3.84. The number of aromatic nitrogens is 1. The fourth-order valence-electron chi connectivity index (χ4n) is 2.84. The number of nitrogens with zero attached hydrogens (tertiary/aromatic N) is 2. The van der Waals surface area contributed by atoms with Gasteiger partial charge in [-0.05, 0) is 30.7 Å². The maximum absolute atomic E-state index is 14.0. The van der Waals surface area contributed by atoms with Gasteiger partial charge in [0.1, 0.15) is 23.4 Å². The van der Waals surface area contributed by atoms with Crippen LogP contribution in [0.15, 0.2) is 30.5 Å². The molecule has 1 aromatic carbocycles. The van der Waals surface area contributed by atoms with Crippen molar-refractivity contribution < 1.29 is 18.7 Å². The van der Waals surface area contributed by atoms with Crippen LogP contribution >= 0.6 is 0 Å². The zero-order valence-electron chi connectivity index (χ0n) is 12.0. The standard InChI is InChI=1S/C16H13F2N3O2/c17-10-1-2-13(18)12(4-10)15-5-11(22)8-21(15)16(23)14-3-9(6-19)7-20-14/h1-4,7,11,15,20,22H,5,8H2/t11-,15+/m0/s1. The number of hydrogen-bond donors (Lipinski definition) is 2. The molecule has 1 aliphatic heterocycles. The molecule has 1 amide bonds. The van der Waals surface area contributed by atoms with Crippen molar-refractivity contribution in [2.24, 2.45) is 0 Å². The van der Waals surface area contributed by atoms with Crippen LogP contribution in [0.1, 0.15) is 34.1 Å². The molecule has 0 aliphatic carbocycles. The zero-order chi connectivity index (χ0) is 16.6. The average molecular weight is 317 g/mol. The van der Waals surface area contributed by atoms with E-state index >= 15 is 0 Å². The van der Waals surface area contributed by atoms with Crippen molar-refractivity contribution in [3.63, 3.8) is 0 Å². The highest BCUT2D eigenvalue weighted by molar-refractivity contribution is 5.93. The summed E-state index contributed by atoms with van der Waals surface area (Å²) in [6.45, 7) is 0.0142. The van der Waals surface area contributed by atoms with Gasteiger partial charge in [-0.3, -0.25) is 4.79 Å². The van der Waals surface area contributed by atoms with Gasteiger partial charge in [0, 0.05) is 18.3 Å². The van der Waals surface area contributed by atoms with E-state index in [9.17, 15) is 18.7 Å². The molecular formula is C16H13F2N3O2. The summed E-state index contributed by atoms with van der Waals surface area (Å²) in [6.07, 6.45) is 0.687. The molecule has 1 saturated heterocycles. The fraction of sp³-hybridized carbons (Fsp3) is 0.250. The molecule has 2 aromatic rings. The molecule has 0 bridgehead atoms. The molecule has 2 atom stereocenters. The highest BCUT2D eigenvalue weighted by Gasteiger charge is 2.37. The number of carbonyl (C=O) groups is 1. The number of H-pyrrole nitrogens is 1. The molecule has 1 aromatic heterocycles. The van der Waals surface area contributed by atoms with E-state index in [1.807, 2.05) is 6.07 Å². The Bertz CT molecular complexity index is 797. The van der Waals surface area contributed by atoms with E-state index in [2.05, 4.69) is 4.98 Å². The number of nitriles is 1. The van der Waals surface area contributed by atoms with Gasteiger partial charge in [0.15, 0.2) is 0 Å². The topological polar surface area (TPSA) is 80.1 Å². The van der Waals surface area contributed by atoms with E-state index < -0.39 is 29.7 Å². The van der Waals surface area contributed by atoms with Crippen LogP contribution in [0.25, 0.3) is 0 Å². The molecule has 0 saturated carbocycles. The lowest BCUT2D eigenvalue weighted by molar-refractivity contribution is 0.0708. The van der Waals surface area contributed by atoms with Gasteiger partial charge in [-0.1, -0.05) is 0 Å². The van der Waals surface area contributed by atoms with Crippen molar-refractivity contribution in [3.8, 4) is 6.07 Å². The van der Waals surface area contributed by atoms with Gasteiger partial charge in [0.25, 0.3) is 5.91 Å². The van der Waals surface area contributed by atoms with Crippen LogP contribution in [0.3, 0.4) is 0 Å². The van der Waals surface area contributed by atoms with Crippen molar-refractivity contribution in [1.82, 2.24) is 9.88 Å². The number of amides is 1. The quantitative estimate of drug-likeness (QED) is 0.890. The van der Waals surface area contributed by atoms with Gasteiger partial charge in [-0.15, -0.1) is 0 Å². The molecule has 118 valence electrons. The number of likely N-dealkylation sites (tertiary alicyclic amines) is 1. The van der Waals surface area contributed by atoms with Gasteiger partial charge >= 0.3 is 0 Å². The number of aromatic amines is 1. The second-order valence-electron chi connectivity index (χ2n) is 5.44. The number of benzene rings is 1. The molecule has 0 spiro atoms. The third-order valence-corrected chi connectivity index (χ3v) is 3.90. The Morgan fingerprint density at radius 1 is 1.39 bits per heavy atom. The van der Waals surface area contributed by atoms with Crippen molar-refractivity contribution >= 4 is 5.91 Å². The zero-order valence-corrected chi connectivity index (χ0v) is 12.0. The second kappa shape index (κ2) is 5.82. The molecule has 23 heavy (non-hydrogen) atoms. The van der Waals surface area contributed by atoms with Gasteiger partial charge in [-0.2, -0.15) is 5.26 Å². The number of β-amino-alcohol motifs (C(OH)–C–C–N with tert-alkyl or cyclic N) is 1. The predicted octanol–water partition coefficient (Wildman–Crippen LogP) is 2.11. The number of aliphatic hydroxyl groups excluding tert-OH is 1. The van der Waals surface area contributed by atoms with E-state index in [0.29, 0.717) is 5.56 Å². The summed E-state index contributed by atoms with van der Waals surface area (Å²) in [4.78, 5) is 16.5. The molecule has 3 rings (SSSR count). The summed E-state index contributed by atoms with van der Waals surface area (Å²) in [5, 5.41) is 18.7. The van der Waals surface area contributed by atoms with Crippen LogP contribution < -0.4 is 0 Å². The Hall–Kier alpha value is -2.72. The van der Waals surface area contributed by atoms with E-state index in [-0.39, 0.29) is 24.2 Å². The van der Waals surface area contributed by atoms with Gasteiger partial charge in [0.2, 0.25) is 0 Å². The molecule has 2 heterocycles. The fourth-order valence-corrected chi connectivity index (χ4v) is 2.84. The first kappa shape index (κ1) is 15.2. The molecular weight excluding hydrogens is 304 g/mol. The van der Waals surface area contributed by atoms with Gasteiger partial charge in [-0.25, -0.2) is 8.78 Å². The van der Waals surface area contributed by atoms with E-state index in [1.165, 1.54) is 17.2 Å². The lowest BCUT2D eigenvalue weighted by atomic mass is 10.0. The van der Waals surface area contributed by atoms with Crippen LogP contribution in [0, 0.1) is 23.0 Å². The van der Waals surface area contributed by atoms with Crippen molar-refractivity contribution in [2.75, 3.05) is 6.54 Å². The van der Waals surface area contributed by atoms with Gasteiger partial charge in [0.05, 0.1) is 17.7 Å². The number of rotatable bonds is 2. The Morgan fingerprint density at radius 3 is 2.87 bits per heavy atom. The van der Waals surface area contributed by atoms with Crippen LogP contribution in [0.2, 0.25) is 0 Å². The first-order chi connectivity index (χ1) is 11.0. The molecule has 5 nitrogen and oxygen atoms in total. The number of nitrogens with one attached hydrogen (secondary N) is 1. The summed E-state index contributed by atoms with van der Waals surface area (Å²) >= 11 is 0. The van der Waals surface area contributed by atoms with E-state index in [1.54, 1.807) is 0 Å². The molecule has 1 aliphatic rings. The first-order valence-electron chi connectivity index (χ1n) is 7.02. The third-order valence-electron chi connectivity index (χ3n) is 3.90. The number of hydrogen-bond acceptors (Lipinski definition) is 3. The smallest absolute Gasteiger partial charge is 0.270 e. The van der Waals surface area contributed by atoms with Crippen LogP contribution in [0.5, 0.6) is 0 Å². The van der Waals surface area contributed by atoms with Crippen LogP contribution in [-0.2, 0) is 0 Å². The maximum Gasteiger partial charge on any atom is 0.270 e. The van der Waals surface area contributed by atoms with Crippen molar-refractivity contribution in [3.05, 3.63) is 58.9 Å². The molecule has 7 heteroatoms. The maximum atomic E-state index is 14.0. The Balaban J connectivity index is 1.95. The number of carbonyl (C=O) groups excluding carboxylic acids is 1. The average Bonchev–Trinajstić information content (AvgIpc) is 3.15. The molecule has 0 radical (unpaired) electrons. The van der Waals surface area contributed by atoms with Crippen LogP contribution in [0.4, 0.5) is 8.78 Å². The third kappa shape index (κ3) is 2.81. The monoisotopic (exact) mass is 317 g/mol. The Labute approximate surface area is 130 Å². The minimum absolute atomic E-state index is 0.0142. The van der Waals surface area contributed by atoms with Gasteiger partial charge < -0.3 is 15.0 Å². The first-order valence-corrected chi connectivity index (χ1v) is 7.02. The summed E-state index contributed by atoms with van der Waals surface area (Å²) in [5.74, 6) is -1.72. The minimum atomic E-state index is -0.822. The summed E-state index contributed by atoms with van der Waals surface area (Å²) in [5.41, 5.74) is 0.487. The normalized spacial score (nSPS) is 20.5. The molecule has 0 unspecified atom stereocenters. The van der Waals surface area contributed by atoms with Crippen LogP contribution in [-0.4, -0.2) is 33.5 Å². The number of halogens is 2. The molecule has 1 fully saturated rings. The second-order valence-corrected chi connectivity index (χ2v) is 5.44.